The summed E-state index contributed by atoms with van der Waals surface area (Å²) in [5, 5.41) is 21.9. The predicted octanol–water partition coefficient (Wildman–Crippen LogP) is 9.93. The van der Waals surface area contributed by atoms with Crippen molar-refractivity contribution in [1.82, 2.24) is 19.5 Å². The topological polar surface area (TPSA) is 95.5 Å². The Labute approximate surface area is 282 Å². The van der Waals surface area contributed by atoms with Gasteiger partial charge in [-0.05, 0) is 65.7 Å². The lowest BCUT2D eigenvalue weighted by atomic mass is 10.0. The number of para-hydroxylation sites is 1. The molecule has 0 amide bonds. The Bertz CT molecular complexity index is 2600. The summed E-state index contributed by atoms with van der Waals surface area (Å²) in [7, 11) is 0. The predicted molar refractivity (Wildman–Crippen MR) is 192 cm³/mol. The molecule has 0 fully saturated rings. The van der Waals surface area contributed by atoms with Crippen molar-refractivity contribution < 1.29 is 0 Å². The van der Waals surface area contributed by atoms with Crippen LogP contribution in [0.2, 0.25) is 0 Å². The Kier molecular flexibility index (Phi) is 7.16. The van der Waals surface area contributed by atoms with E-state index in [4.69, 9.17) is 21.5 Å². The number of benzene rings is 6. The van der Waals surface area contributed by atoms with E-state index < -0.39 is 0 Å². The number of aromatic nitrogens is 4. The molecule has 226 valence electrons. The lowest BCUT2D eigenvalue weighted by molar-refractivity contribution is 1.07. The molecule has 49 heavy (non-hydrogen) atoms. The van der Waals surface area contributed by atoms with Crippen LogP contribution >= 0.6 is 0 Å². The zero-order chi connectivity index (χ0) is 33.3. The standard InChI is InChI=1S/C42H23N7/c1-45-34-21-27(25-43)20-33(22-34)30-18-19-38-36(23-30)35-14-8-9-15-37(35)49(38)39-24-31(16-17-32(39)26-44)42-47-40(28-10-4-2-5-11-28)46-41(48-42)29-12-6-3-7-13-29/h2-24H. The molecule has 2 heterocycles. The quantitative estimate of drug-likeness (QED) is 0.177. The molecule has 0 bridgehead atoms. The minimum Gasteiger partial charge on any atom is -0.308 e. The largest absolute Gasteiger partial charge is 0.308 e. The summed E-state index contributed by atoms with van der Waals surface area (Å²) < 4.78 is 2.10. The van der Waals surface area contributed by atoms with Crippen LogP contribution in [0.25, 0.3) is 77.6 Å². The van der Waals surface area contributed by atoms with Gasteiger partial charge in [-0.1, -0.05) is 84.9 Å². The first-order valence-corrected chi connectivity index (χ1v) is 15.5. The van der Waals surface area contributed by atoms with Gasteiger partial charge in [0.2, 0.25) is 0 Å². The minimum atomic E-state index is 0.413. The van der Waals surface area contributed by atoms with E-state index in [1.54, 1.807) is 18.2 Å². The Morgan fingerprint density at radius 3 is 1.78 bits per heavy atom. The van der Waals surface area contributed by atoms with Crippen LogP contribution in [0.4, 0.5) is 5.69 Å². The fourth-order valence-corrected chi connectivity index (χ4v) is 6.21. The van der Waals surface area contributed by atoms with Crippen molar-refractivity contribution in [2.75, 3.05) is 0 Å². The fourth-order valence-electron chi connectivity index (χ4n) is 6.21. The number of nitriles is 2. The van der Waals surface area contributed by atoms with Crippen LogP contribution in [0, 0.1) is 29.2 Å². The Hall–Kier alpha value is -7.40. The average Bonchev–Trinajstić information content (AvgIpc) is 3.51. The molecule has 2 aromatic heterocycles. The van der Waals surface area contributed by atoms with E-state index in [1.807, 2.05) is 109 Å². The van der Waals surface area contributed by atoms with E-state index in [0.717, 1.165) is 49.6 Å². The van der Waals surface area contributed by atoms with Gasteiger partial charge >= 0.3 is 0 Å². The van der Waals surface area contributed by atoms with Crippen LogP contribution in [-0.2, 0) is 0 Å². The Balaban J connectivity index is 1.34. The summed E-state index contributed by atoms with van der Waals surface area (Å²) in [6.45, 7) is 7.51. The van der Waals surface area contributed by atoms with Gasteiger partial charge in [-0.25, -0.2) is 19.8 Å². The molecule has 0 spiro atoms. The molecule has 0 aliphatic carbocycles. The third-order valence-corrected chi connectivity index (χ3v) is 8.50. The fraction of sp³-hybridized carbons (Fsp3) is 0. The molecule has 8 aromatic rings. The van der Waals surface area contributed by atoms with Crippen molar-refractivity contribution in [1.29, 1.82) is 10.5 Å². The first-order chi connectivity index (χ1) is 24.1. The van der Waals surface area contributed by atoms with Gasteiger partial charge in [0.25, 0.3) is 0 Å². The van der Waals surface area contributed by atoms with E-state index in [0.29, 0.717) is 40.0 Å². The highest BCUT2D eigenvalue weighted by Crippen LogP contribution is 2.37. The Morgan fingerprint density at radius 1 is 0.510 bits per heavy atom. The van der Waals surface area contributed by atoms with Crippen molar-refractivity contribution in [2.45, 2.75) is 0 Å². The highest BCUT2D eigenvalue weighted by molar-refractivity contribution is 6.10. The molecule has 0 atom stereocenters. The Morgan fingerprint density at radius 2 is 1.12 bits per heavy atom. The summed E-state index contributed by atoms with van der Waals surface area (Å²) in [4.78, 5) is 18.2. The smallest absolute Gasteiger partial charge is 0.189 e. The zero-order valence-corrected chi connectivity index (χ0v) is 25.9. The van der Waals surface area contributed by atoms with E-state index in [2.05, 4.69) is 33.7 Å². The molecule has 0 aliphatic rings. The molecule has 8 rings (SSSR count). The van der Waals surface area contributed by atoms with Crippen LogP contribution in [-0.4, -0.2) is 19.5 Å². The molecular weight excluding hydrogens is 603 g/mol. The van der Waals surface area contributed by atoms with Crippen molar-refractivity contribution in [3.63, 3.8) is 0 Å². The van der Waals surface area contributed by atoms with Gasteiger partial charge in [0, 0.05) is 33.0 Å². The molecule has 6 aromatic carbocycles. The molecule has 0 N–H and O–H groups in total. The van der Waals surface area contributed by atoms with Crippen LogP contribution in [0.1, 0.15) is 11.1 Å². The summed E-state index contributed by atoms with van der Waals surface area (Å²) in [6, 6.07) is 49.2. The first kappa shape index (κ1) is 29.0. The van der Waals surface area contributed by atoms with E-state index in [9.17, 15) is 10.5 Å². The van der Waals surface area contributed by atoms with Gasteiger partial charge in [-0.2, -0.15) is 10.5 Å². The van der Waals surface area contributed by atoms with Gasteiger partial charge in [0.1, 0.15) is 6.07 Å². The summed E-state index contributed by atoms with van der Waals surface area (Å²) in [5.74, 6) is 1.61. The molecule has 0 saturated heterocycles. The summed E-state index contributed by atoms with van der Waals surface area (Å²) in [5.41, 5.74) is 8.06. The van der Waals surface area contributed by atoms with Gasteiger partial charge in [-0.3, -0.25) is 0 Å². The third-order valence-electron chi connectivity index (χ3n) is 8.50. The van der Waals surface area contributed by atoms with E-state index in [1.165, 1.54) is 0 Å². The minimum absolute atomic E-state index is 0.413. The summed E-state index contributed by atoms with van der Waals surface area (Å²) >= 11 is 0. The normalized spacial score (nSPS) is 10.8. The van der Waals surface area contributed by atoms with Crippen molar-refractivity contribution in [3.05, 3.63) is 162 Å². The zero-order valence-electron chi connectivity index (χ0n) is 25.9. The highest BCUT2D eigenvalue weighted by Gasteiger charge is 2.19. The molecule has 0 radical (unpaired) electrons. The van der Waals surface area contributed by atoms with Gasteiger partial charge in [0.05, 0.1) is 34.9 Å². The third kappa shape index (κ3) is 5.22. The molecule has 0 aliphatic heterocycles. The monoisotopic (exact) mass is 625 g/mol. The number of hydrogen-bond acceptors (Lipinski definition) is 5. The number of fused-ring (bicyclic) bond motifs is 3. The second-order valence-corrected chi connectivity index (χ2v) is 11.5. The van der Waals surface area contributed by atoms with Crippen molar-refractivity contribution in [3.8, 4) is 63.1 Å². The SMILES string of the molecule is [C-]#[N+]c1cc(C#N)cc(-c2ccc3c(c2)c2ccccc2n3-c2cc(-c3nc(-c4ccccc4)nc(-c4ccccc4)n3)ccc2C#N)c1. The van der Waals surface area contributed by atoms with Crippen LogP contribution < -0.4 is 0 Å². The van der Waals surface area contributed by atoms with Crippen LogP contribution in [0.15, 0.2) is 140 Å². The molecule has 0 saturated carbocycles. The van der Waals surface area contributed by atoms with Crippen LogP contribution in [0.3, 0.4) is 0 Å². The van der Waals surface area contributed by atoms with Gasteiger partial charge < -0.3 is 4.57 Å². The maximum Gasteiger partial charge on any atom is 0.189 e. The van der Waals surface area contributed by atoms with Crippen molar-refractivity contribution >= 4 is 27.5 Å². The number of rotatable bonds is 5. The van der Waals surface area contributed by atoms with Gasteiger partial charge in [0.15, 0.2) is 23.2 Å². The van der Waals surface area contributed by atoms with E-state index >= 15 is 0 Å². The van der Waals surface area contributed by atoms with E-state index in [-0.39, 0.29) is 0 Å². The molecule has 0 unspecified atom stereocenters. The second-order valence-electron chi connectivity index (χ2n) is 11.5. The average molecular weight is 626 g/mol. The van der Waals surface area contributed by atoms with Crippen molar-refractivity contribution in [2.24, 2.45) is 0 Å². The summed E-state index contributed by atoms with van der Waals surface area (Å²) in [6.07, 6.45) is 0. The maximum absolute atomic E-state index is 10.3. The second kappa shape index (κ2) is 12.1. The van der Waals surface area contributed by atoms with Crippen LogP contribution in [0.5, 0.6) is 0 Å². The molecular formula is C42H23N7. The first-order valence-electron chi connectivity index (χ1n) is 15.5. The lowest BCUT2D eigenvalue weighted by Gasteiger charge is -2.13. The number of hydrogen-bond donors (Lipinski definition) is 0. The highest BCUT2D eigenvalue weighted by atomic mass is 15.0. The van der Waals surface area contributed by atoms with Gasteiger partial charge in [-0.15, -0.1) is 0 Å². The molecule has 7 heteroatoms. The lowest BCUT2D eigenvalue weighted by Crippen LogP contribution is -2.02. The maximum atomic E-state index is 10.3. The molecule has 7 nitrogen and oxygen atoms in total. The number of nitrogens with zero attached hydrogens (tertiary/aromatic N) is 7.